The van der Waals surface area contributed by atoms with Crippen molar-refractivity contribution in [3.63, 3.8) is 0 Å². The number of aromatic nitrogens is 1. The first-order valence-electron chi connectivity index (χ1n) is 6.65. The predicted molar refractivity (Wildman–Crippen MR) is 85.5 cm³/mol. The summed E-state index contributed by atoms with van der Waals surface area (Å²) in [5, 5.41) is 5.39. The summed E-state index contributed by atoms with van der Waals surface area (Å²) in [5.41, 5.74) is 1.83. The number of nitrogens with zero attached hydrogens (tertiary/aromatic N) is 1. The van der Waals surface area contributed by atoms with Crippen molar-refractivity contribution in [3.05, 3.63) is 45.9 Å². The molecule has 0 bridgehead atoms. The van der Waals surface area contributed by atoms with Crippen LogP contribution in [-0.2, 0) is 16.4 Å². The fourth-order valence-corrected chi connectivity index (χ4v) is 3.34. The number of hydrogen-bond acceptors (Lipinski definition) is 5. The van der Waals surface area contributed by atoms with E-state index in [2.05, 4.69) is 10.3 Å². The van der Waals surface area contributed by atoms with Crippen LogP contribution in [-0.4, -0.2) is 26.0 Å². The Labute approximate surface area is 133 Å². The van der Waals surface area contributed by atoms with Crippen molar-refractivity contribution in [3.8, 4) is 0 Å². The Morgan fingerprint density at radius 3 is 2.50 bits per heavy atom. The Hall–Kier alpha value is -1.93. The van der Waals surface area contributed by atoms with E-state index < -0.39 is 16.1 Å². The molecule has 2 N–H and O–H groups in total. The van der Waals surface area contributed by atoms with Gasteiger partial charge in [0.15, 0.2) is 0 Å². The van der Waals surface area contributed by atoms with Gasteiger partial charge in [0.1, 0.15) is 0 Å². The van der Waals surface area contributed by atoms with Crippen LogP contribution in [0.5, 0.6) is 0 Å². The van der Waals surface area contributed by atoms with Gasteiger partial charge in [-0.15, -0.1) is 11.3 Å². The van der Waals surface area contributed by atoms with Gasteiger partial charge in [-0.3, -0.25) is 0 Å². The Balaban J connectivity index is 1.86. The second-order valence-corrected chi connectivity index (χ2v) is 7.53. The molecule has 6 nitrogen and oxygen atoms in total. The first kappa shape index (κ1) is 16.4. The van der Waals surface area contributed by atoms with Gasteiger partial charge in [-0.25, -0.2) is 22.9 Å². The van der Waals surface area contributed by atoms with Crippen molar-refractivity contribution in [2.45, 2.75) is 25.2 Å². The summed E-state index contributed by atoms with van der Waals surface area (Å²) >= 11 is 1.54. The van der Waals surface area contributed by atoms with Crippen LogP contribution in [0.1, 0.15) is 16.3 Å². The van der Waals surface area contributed by atoms with Crippen molar-refractivity contribution in [1.82, 2.24) is 15.0 Å². The van der Waals surface area contributed by atoms with Crippen molar-refractivity contribution in [2.24, 2.45) is 0 Å². The number of aryl methyl sites for hydroxylation is 2. The Kier molecular flexibility index (Phi) is 5.15. The van der Waals surface area contributed by atoms with E-state index in [0.717, 1.165) is 16.3 Å². The largest absolute Gasteiger partial charge is 0.337 e. The molecule has 0 atom stereocenters. The molecule has 118 valence electrons. The number of urea groups is 1. The molecule has 0 spiro atoms. The summed E-state index contributed by atoms with van der Waals surface area (Å²) < 4.78 is 26.0. The number of carbonyl (C=O) groups excluding carboxylic acids is 1. The molecule has 22 heavy (non-hydrogen) atoms. The highest BCUT2D eigenvalue weighted by Gasteiger charge is 2.16. The Morgan fingerprint density at radius 2 is 1.91 bits per heavy atom. The number of thiazole rings is 1. The van der Waals surface area contributed by atoms with E-state index in [4.69, 9.17) is 0 Å². The van der Waals surface area contributed by atoms with Gasteiger partial charge >= 0.3 is 6.03 Å². The highest BCUT2D eigenvalue weighted by Crippen LogP contribution is 2.10. The van der Waals surface area contributed by atoms with Gasteiger partial charge in [-0.2, -0.15) is 0 Å². The van der Waals surface area contributed by atoms with Crippen LogP contribution in [0.25, 0.3) is 0 Å². The molecule has 2 rings (SSSR count). The minimum absolute atomic E-state index is 0.0587. The van der Waals surface area contributed by atoms with E-state index in [0.29, 0.717) is 13.0 Å². The highest BCUT2D eigenvalue weighted by molar-refractivity contribution is 7.90. The Morgan fingerprint density at radius 1 is 1.23 bits per heavy atom. The van der Waals surface area contributed by atoms with E-state index in [-0.39, 0.29) is 4.90 Å². The van der Waals surface area contributed by atoms with Crippen LogP contribution in [0.4, 0.5) is 4.79 Å². The summed E-state index contributed by atoms with van der Waals surface area (Å²) in [4.78, 5) is 16.0. The number of amides is 2. The lowest BCUT2D eigenvalue weighted by atomic mass is 10.2. The third-order valence-corrected chi connectivity index (χ3v) is 5.06. The molecule has 0 aliphatic rings. The first-order chi connectivity index (χ1) is 10.4. The molecular formula is C14H17N3O3S2. The van der Waals surface area contributed by atoms with Gasteiger partial charge in [0.25, 0.3) is 10.0 Å². The summed E-state index contributed by atoms with van der Waals surface area (Å²) in [6, 6.07) is 5.53. The lowest BCUT2D eigenvalue weighted by Gasteiger charge is -2.08. The maximum Gasteiger partial charge on any atom is 0.328 e. The van der Waals surface area contributed by atoms with Crippen molar-refractivity contribution in [2.75, 3.05) is 6.54 Å². The van der Waals surface area contributed by atoms with Gasteiger partial charge in [0, 0.05) is 18.3 Å². The fraction of sp³-hybridized carbons (Fsp3) is 0.286. The lowest BCUT2D eigenvalue weighted by molar-refractivity contribution is 0.246. The van der Waals surface area contributed by atoms with E-state index >= 15 is 0 Å². The van der Waals surface area contributed by atoms with Crippen molar-refractivity contribution >= 4 is 27.4 Å². The molecule has 1 aromatic heterocycles. The molecule has 0 aliphatic heterocycles. The topological polar surface area (TPSA) is 88.2 Å². The average molecular weight is 339 g/mol. The molecule has 0 saturated heterocycles. The zero-order chi connectivity index (χ0) is 16.2. The molecule has 0 radical (unpaired) electrons. The standard InChI is InChI=1S/C14H17N3O3S2/c1-10-3-5-13(6-4-10)22(19,20)17-14(18)15-8-7-12-9-21-11(2)16-12/h3-6,9H,7-8H2,1-2H3,(H2,15,17,18). The SMILES string of the molecule is Cc1ccc(S(=O)(=O)NC(=O)NCCc2csc(C)n2)cc1. The van der Waals surface area contributed by atoms with Crippen LogP contribution >= 0.6 is 11.3 Å². The van der Waals surface area contributed by atoms with E-state index in [1.165, 1.54) is 23.5 Å². The maximum absolute atomic E-state index is 12.0. The van der Waals surface area contributed by atoms with Gasteiger partial charge in [0.05, 0.1) is 15.6 Å². The number of benzene rings is 1. The number of nitrogens with one attached hydrogen (secondary N) is 2. The number of hydrogen-bond donors (Lipinski definition) is 2. The van der Waals surface area contributed by atoms with Gasteiger partial charge in [-0.1, -0.05) is 17.7 Å². The average Bonchev–Trinajstić information content (AvgIpc) is 2.84. The summed E-state index contributed by atoms with van der Waals surface area (Å²) in [5.74, 6) is 0. The minimum Gasteiger partial charge on any atom is -0.337 e. The zero-order valence-corrected chi connectivity index (χ0v) is 13.9. The van der Waals surface area contributed by atoms with Crippen LogP contribution in [0, 0.1) is 13.8 Å². The molecule has 0 unspecified atom stereocenters. The normalized spacial score (nSPS) is 11.2. The second kappa shape index (κ2) is 6.89. The minimum atomic E-state index is -3.84. The van der Waals surface area contributed by atoms with Crippen LogP contribution < -0.4 is 10.0 Å². The first-order valence-corrected chi connectivity index (χ1v) is 9.01. The quantitative estimate of drug-likeness (QED) is 0.872. The molecule has 2 aromatic rings. The molecule has 8 heteroatoms. The van der Waals surface area contributed by atoms with Gasteiger partial charge in [-0.05, 0) is 26.0 Å². The van der Waals surface area contributed by atoms with Crippen molar-refractivity contribution < 1.29 is 13.2 Å². The van der Waals surface area contributed by atoms with Gasteiger partial charge < -0.3 is 5.32 Å². The highest BCUT2D eigenvalue weighted by atomic mass is 32.2. The second-order valence-electron chi connectivity index (χ2n) is 4.78. The molecule has 0 fully saturated rings. The number of carbonyl (C=O) groups is 1. The number of rotatable bonds is 5. The fourth-order valence-electron chi connectivity index (χ4n) is 1.76. The number of sulfonamides is 1. The van der Waals surface area contributed by atoms with E-state index in [9.17, 15) is 13.2 Å². The third kappa shape index (κ3) is 4.54. The Bertz CT molecular complexity index is 752. The van der Waals surface area contributed by atoms with E-state index in [1.807, 2.05) is 23.9 Å². The van der Waals surface area contributed by atoms with Gasteiger partial charge in [0.2, 0.25) is 0 Å². The molecule has 2 amide bonds. The van der Waals surface area contributed by atoms with Crippen LogP contribution in [0.2, 0.25) is 0 Å². The summed E-state index contributed by atoms with van der Waals surface area (Å²) in [7, 11) is -3.84. The molecule has 1 heterocycles. The molecule has 1 aromatic carbocycles. The zero-order valence-electron chi connectivity index (χ0n) is 12.3. The van der Waals surface area contributed by atoms with Crippen molar-refractivity contribution in [1.29, 1.82) is 0 Å². The monoisotopic (exact) mass is 339 g/mol. The summed E-state index contributed by atoms with van der Waals surface area (Å²) in [6.07, 6.45) is 0.558. The maximum atomic E-state index is 12.0. The lowest BCUT2D eigenvalue weighted by Crippen LogP contribution is -2.40. The summed E-state index contributed by atoms with van der Waals surface area (Å²) in [6.45, 7) is 4.08. The predicted octanol–water partition coefficient (Wildman–Crippen LogP) is 1.99. The molecule has 0 aliphatic carbocycles. The molecule has 0 saturated carbocycles. The van der Waals surface area contributed by atoms with Crippen LogP contribution in [0.15, 0.2) is 34.5 Å². The van der Waals surface area contributed by atoms with Crippen LogP contribution in [0.3, 0.4) is 0 Å². The molecular weight excluding hydrogens is 322 g/mol. The smallest absolute Gasteiger partial charge is 0.328 e. The third-order valence-electron chi connectivity index (χ3n) is 2.89. The van der Waals surface area contributed by atoms with E-state index in [1.54, 1.807) is 12.1 Å².